The van der Waals surface area contributed by atoms with Crippen LogP contribution in [0.2, 0.25) is 0 Å². The predicted octanol–water partition coefficient (Wildman–Crippen LogP) is 0.363. The lowest BCUT2D eigenvalue weighted by Crippen LogP contribution is -2.34. The Labute approximate surface area is 106 Å². The minimum absolute atomic E-state index is 0.0232. The van der Waals surface area contributed by atoms with Crippen molar-refractivity contribution in [1.82, 2.24) is 15.2 Å². The van der Waals surface area contributed by atoms with Crippen molar-refractivity contribution >= 4 is 11.8 Å². The van der Waals surface area contributed by atoms with Crippen LogP contribution in [0.4, 0.5) is 0 Å². The highest BCUT2D eigenvalue weighted by atomic mass is 16.2. The molecule has 0 aliphatic carbocycles. The quantitative estimate of drug-likeness (QED) is 0.839. The highest BCUT2D eigenvalue weighted by molar-refractivity contribution is 5.80. The first-order valence-corrected chi connectivity index (χ1v) is 6.20. The zero-order valence-electron chi connectivity index (χ0n) is 10.3. The third-order valence-corrected chi connectivity index (χ3v) is 2.99. The first-order valence-electron chi connectivity index (χ1n) is 6.20. The Kier molecular flexibility index (Phi) is 4.28. The molecule has 0 bridgehead atoms. The number of nitrogens with one attached hydrogen (secondary N) is 1. The molecule has 1 fully saturated rings. The van der Waals surface area contributed by atoms with E-state index in [1.54, 1.807) is 11.1 Å². The van der Waals surface area contributed by atoms with Crippen molar-refractivity contribution in [2.75, 3.05) is 19.6 Å². The summed E-state index contributed by atoms with van der Waals surface area (Å²) in [6.07, 6.45) is 3.23. The molecule has 2 amide bonds. The van der Waals surface area contributed by atoms with Gasteiger partial charge in [-0.25, -0.2) is 0 Å². The van der Waals surface area contributed by atoms with Gasteiger partial charge in [-0.05, 0) is 18.6 Å². The van der Waals surface area contributed by atoms with E-state index in [0.29, 0.717) is 38.9 Å². The van der Waals surface area contributed by atoms with Gasteiger partial charge in [-0.2, -0.15) is 0 Å². The monoisotopic (exact) mass is 247 g/mol. The highest BCUT2D eigenvalue weighted by Gasteiger charge is 2.17. The second kappa shape index (κ2) is 6.14. The predicted molar refractivity (Wildman–Crippen MR) is 66.8 cm³/mol. The van der Waals surface area contributed by atoms with Gasteiger partial charge in [0.2, 0.25) is 11.8 Å². The summed E-state index contributed by atoms with van der Waals surface area (Å²) in [5, 5.41) is 2.76. The Morgan fingerprint density at radius 2 is 2.28 bits per heavy atom. The molecule has 96 valence electrons. The zero-order valence-corrected chi connectivity index (χ0v) is 10.3. The molecule has 0 unspecified atom stereocenters. The van der Waals surface area contributed by atoms with Crippen LogP contribution in [0.1, 0.15) is 18.5 Å². The maximum atomic E-state index is 12.0. The molecule has 0 atom stereocenters. The highest BCUT2D eigenvalue weighted by Crippen LogP contribution is 2.04. The molecule has 5 nitrogen and oxygen atoms in total. The number of carbonyl (C=O) groups is 2. The molecule has 0 spiro atoms. The van der Waals surface area contributed by atoms with Gasteiger partial charge in [0.1, 0.15) is 0 Å². The van der Waals surface area contributed by atoms with Crippen LogP contribution in [0.3, 0.4) is 0 Å². The van der Waals surface area contributed by atoms with E-state index in [1.807, 2.05) is 18.2 Å². The summed E-state index contributed by atoms with van der Waals surface area (Å²) in [4.78, 5) is 29.1. The van der Waals surface area contributed by atoms with Crippen molar-refractivity contribution in [1.29, 1.82) is 0 Å². The van der Waals surface area contributed by atoms with E-state index in [0.717, 1.165) is 5.69 Å². The Morgan fingerprint density at radius 3 is 3.06 bits per heavy atom. The standard InChI is InChI=1S/C13H17N3O2/c17-12-6-9-16(10-8-15-12)13(18)5-4-11-3-1-2-7-14-11/h1-3,7H,4-6,8-10H2,(H,15,17). The Hall–Kier alpha value is -1.91. The van der Waals surface area contributed by atoms with Gasteiger partial charge in [-0.1, -0.05) is 6.07 Å². The Morgan fingerprint density at radius 1 is 1.39 bits per heavy atom. The minimum Gasteiger partial charge on any atom is -0.354 e. The molecule has 0 radical (unpaired) electrons. The number of aromatic nitrogens is 1. The van der Waals surface area contributed by atoms with Crippen LogP contribution in [0.15, 0.2) is 24.4 Å². The maximum Gasteiger partial charge on any atom is 0.223 e. The molecule has 0 saturated carbocycles. The molecule has 1 aromatic heterocycles. The van der Waals surface area contributed by atoms with Crippen molar-refractivity contribution in [2.45, 2.75) is 19.3 Å². The smallest absolute Gasteiger partial charge is 0.223 e. The van der Waals surface area contributed by atoms with Crippen LogP contribution in [-0.4, -0.2) is 41.3 Å². The molecule has 0 aromatic carbocycles. The largest absolute Gasteiger partial charge is 0.354 e. The molecule has 18 heavy (non-hydrogen) atoms. The van der Waals surface area contributed by atoms with Gasteiger partial charge < -0.3 is 10.2 Å². The first kappa shape index (κ1) is 12.5. The Bertz CT molecular complexity index is 420. The summed E-state index contributed by atoms with van der Waals surface area (Å²) in [6.45, 7) is 1.67. The summed E-state index contributed by atoms with van der Waals surface area (Å²) in [6, 6.07) is 5.69. The molecular weight excluding hydrogens is 230 g/mol. The topological polar surface area (TPSA) is 62.3 Å². The zero-order chi connectivity index (χ0) is 12.8. The number of aryl methyl sites for hydroxylation is 1. The molecule has 1 aliphatic heterocycles. The molecule has 2 heterocycles. The molecule has 2 rings (SSSR count). The number of hydrogen-bond acceptors (Lipinski definition) is 3. The average Bonchev–Trinajstić information content (AvgIpc) is 2.62. The summed E-state index contributed by atoms with van der Waals surface area (Å²) < 4.78 is 0. The van der Waals surface area contributed by atoms with Gasteiger partial charge >= 0.3 is 0 Å². The number of hydrogen-bond donors (Lipinski definition) is 1. The molecule has 1 aromatic rings. The maximum absolute atomic E-state index is 12.0. The molecule has 1 saturated heterocycles. The van der Waals surface area contributed by atoms with E-state index in [1.165, 1.54) is 0 Å². The summed E-state index contributed by atoms with van der Waals surface area (Å²) in [7, 11) is 0. The van der Waals surface area contributed by atoms with Gasteiger partial charge in [-0.3, -0.25) is 14.6 Å². The number of carbonyl (C=O) groups excluding carboxylic acids is 2. The number of rotatable bonds is 3. The van der Waals surface area contributed by atoms with Gasteiger partial charge in [0.25, 0.3) is 0 Å². The van der Waals surface area contributed by atoms with Crippen molar-refractivity contribution in [2.24, 2.45) is 0 Å². The van der Waals surface area contributed by atoms with Crippen molar-refractivity contribution in [3.05, 3.63) is 30.1 Å². The van der Waals surface area contributed by atoms with E-state index >= 15 is 0 Å². The van der Waals surface area contributed by atoms with Gasteiger partial charge in [-0.15, -0.1) is 0 Å². The molecule has 5 heteroatoms. The van der Waals surface area contributed by atoms with E-state index in [-0.39, 0.29) is 11.8 Å². The first-order chi connectivity index (χ1) is 8.75. The third kappa shape index (κ3) is 3.55. The molecular formula is C13H17N3O2. The van der Waals surface area contributed by atoms with Crippen LogP contribution in [0.5, 0.6) is 0 Å². The van der Waals surface area contributed by atoms with E-state index in [2.05, 4.69) is 10.3 Å². The van der Waals surface area contributed by atoms with Crippen LogP contribution < -0.4 is 5.32 Å². The van der Waals surface area contributed by atoms with Crippen molar-refractivity contribution in [3.63, 3.8) is 0 Å². The third-order valence-electron chi connectivity index (χ3n) is 2.99. The fourth-order valence-electron chi connectivity index (χ4n) is 1.96. The lowest BCUT2D eigenvalue weighted by atomic mass is 10.2. The normalized spacial score (nSPS) is 16.0. The SMILES string of the molecule is O=C1CCN(C(=O)CCc2ccccn2)CCN1. The van der Waals surface area contributed by atoms with Gasteiger partial charge in [0.15, 0.2) is 0 Å². The van der Waals surface area contributed by atoms with Crippen LogP contribution in [0, 0.1) is 0 Å². The minimum atomic E-state index is 0.0232. The van der Waals surface area contributed by atoms with Crippen LogP contribution in [-0.2, 0) is 16.0 Å². The number of amides is 2. The molecule has 1 N–H and O–H groups in total. The van der Waals surface area contributed by atoms with Crippen molar-refractivity contribution < 1.29 is 9.59 Å². The second-order valence-electron chi connectivity index (χ2n) is 4.30. The number of pyridine rings is 1. The van der Waals surface area contributed by atoms with Crippen molar-refractivity contribution in [3.8, 4) is 0 Å². The fraction of sp³-hybridized carbons (Fsp3) is 0.462. The fourth-order valence-corrected chi connectivity index (χ4v) is 1.96. The Balaban J connectivity index is 1.82. The van der Waals surface area contributed by atoms with Gasteiger partial charge in [0, 0.05) is 44.4 Å². The summed E-state index contributed by atoms with van der Waals surface area (Å²) in [5.74, 6) is 0.118. The lowest BCUT2D eigenvalue weighted by molar-refractivity contribution is -0.131. The van der Waals surface area contributed by atoms with Gasteiger partial charge in [0.05, 0.1) is 0 Å². The van der Waals surface area contributed by atoms with E-state index in [4.69, 9.17) is 0 Å². The summed E-state index contributed by atoms with van der Waals surface area (Å²) in [5.41, 5.74) is 0.926. The lowest BCUT2D eigenvalue weighted by Gasteiger charge is -2.19. The van der Waals surface area contributed by atoms with Crippen LogP contribution in [0.25, 0.3) is 0 Å². The summed E-state index contributed by atoms with van der Waals surface area (Å²) >= 11 is 0. The average molecular weight is 247 g/mol. The van der Waals surface area contributed by atoms with E-state index < -0.39 is 0 Å². The van der Waals surface area contributed by atoms with E-state index in [9.17, 15) is 9.59 Å². The second-order valence-corrected chi connectivity index (χ2v) is 4.30. The van der Waals surface area contributed by atoms with Crippen LogP contribution >= 0.6 is 0 Å². The molecule has 1 aliphatic rings. The number of nitrogens with zero attached hydrogens (tertiary/aromatic N) is 2.